The molecule has 2 heterocycles. The lowest BCUT2D eigenvalue weighted by Gasteiger charge is -2.21. The SMILES string of the molecule is N#CCCN[C@H]1CCc2nc(NC(=O)c3cccc(Cn4cc(-c5ccc(C#N)cc5)nn4)c3)sc2C1. The summed E-state index contributed by atoms with van der Waals surface area (Å²) in [5, 5.41) is 33.1. The number of benzene rings is 2. The van der Waals surface area contributed by atoms with Crippen LogP contribution in [0.4, 0.5) is 5.13 Å². The Bertz CT molecular complexity index is 1490. The minimum Gasteiger partial charge on any atom is -0.313 e. The summed E-state index contributed by atoms with van der Waals surface area (Å²) in [5.74, 6) is -0.200. The molecule has 0 aliphatic heterocycles. The number of hydrogen-bond acceptors (Lipinski definition) is 8. The molecule has 2 N–H and O–H groups in total. The number of aryl methyl sites for hydroxylation is 1. The topological polar surface area (TPSA) is 132 Å². The number of amides is 1. The summed E-state index contributed by atoms with van der Waals surface area (Å²) in [6, 6.07) is 19.2. The molecule has 5 rings (SSSR count). The molecule has 37 heavy (non-hydrogen) atoms. The molecule has 1 atom stereocenters. The van der Waals surface area contributed by atoms with Gasteiger partial charge in [-0.2, -0.15) is 10.5 Å². The molecule has 0 saturated heterocycles. The molecule has 10 heteroatoms. The van der Waals surface area contributed by atoms with Gasteiger partial charge in [-0.1, -0.05) is 29.5 Å². The van der Waals surface area contributed by atoms with Crippen molar-refractivity contribution in [1.82, 2.24) is 25.3 Å². The van der Waals surface area contributed by atoms with E-state index in [4.69, 9.17) is 10.5 Å². The third-order valence-corrected chi connectivity index (χ3v) is 7.25. The highest BCUT2D eigenvalue weighted by Gasteiger charge is 2.23. The first-order valence-electron chi connectivity index (χ1n) is 12.0. The Labute approximate surface area is 218 Å². The molecule has 0 saturated carbocycles. The molecule has 1 aliphatic carbocycles. The van der Waals surface area contributed by atoms with Gasteiger partial charge in [-0.15, -0.1) is 16.4 Å². The summed E-state index contributed by atoms with van der Waals surface area (Å²) in [5.41, 5.74) is 4.72. The van der Waals surface area contributed by atoms with Crippen LogP contribution in [-0.2, 0) is 19.4 Å². The van der Waals surface area contributed by atoms with Crippen molar-refractivity contribution in [2.24, 2.45) is 0 Å². The third-order valence-electron chi connectivity index (χ3n) is 6.21. The van der Waals surface area contributed by atoms with E-state index in [2.05, 4.69) is 38.1 Å². The van der Waals surface area contributed by atoms with Crippen LogP contribution >= 0.6 is 11.3 Å². The van der Waals surface area contributed by atoms with E-state index in [1.54, 1.807) is 22.9 Å². The van der Waals surface area contributed by atoms with Crippen LogP contribution in [0.2, 0.25) is 0 Å². The summed E-state index contributed by atoms with van der Waals surface area (Å²) in [7, 11) is 0. The maximum absolute atomic E-state index is 13.0. The fourth-order valence-corrected chi connectivity index (χ4v) is 5.41. The number of nitrogens with zero attached hydrogens (tertiary/aromatic N) is 6. The van der Waals surface area contributed by atoms with Gasteiger partial charge >= 0.3 is 0 Å². The number of aromatic nitrogens is 4. The zero-order valence-electron chi connectivity index (χ0n) is 20.0. The fraction of sp³-hybridized carbons (Fsp3) is 0.259. The van der Waals surface area contributed by atoms with E-state index in [0.717, 1.165) is 36.1 Å². The summed E-state index contributed by atoms with van der Waals surface area (Å²) in [6.45, 7) is 1.16. The summed E-state index contributed by atoms with van der Waals surface area (Å²) in [6.07, 6.45) is 5.06. The molecule has 1 amide bonds. The molecule has 0 spiro atoms. The highest BCUT2D eigenvalue weighted by Crippen LogP contribution is 2.30. The third kappa shape index (κ3) is 5.89. The van der Waals surface area contributed by atoms with Crippen molar-refractivity contribution in [2.75, 3.05) is 11.9 Å². The van der Waals surface area contributed by atoms with Gasteiger partial charge in [-0.05, 0) is 49.1 Å². The number of carbonyl (C=O) groups excluding carboxylic acids is 1. The van der Waals surface area contributed by atoms with Crippen LogP contribution in [-0.4, -0.2) is 38.5 Å². The van der Waals surface area contributed by atoms with E-state index in [1.165, 1.54) is 16.2 Å². The van der Waals surface area contributed by atoms with Gasteiger partial charge in [0.05, 0.1) is 36.1 Å². The lowest BCUT2D eigenvalue weighted by atomic mass is 9.98. The van der Waals surface area contributed by atoms with Crippen molar-refractivity contribution < 1.29 is 4.79 Å². The first-order chi connectivity index (χ1) is 18.1. The molecule has 1 aliphatic rings. The minimum absolute atomic E-state index is 0.200. The predicted octanol–water partition coefficient (Wildman–Crippen LogP) is 3.93. The molecule has 0 radical (unpaired) electrons. The van der Waals surface area contributed by atoms with Gasteiger partial charge in [0.2, 0.25) is 0 Å². The standard InChI is InChI=1S/C27H24N8OS/c28-11-2-12-30-22-9-10-23-25(14-22)37-27(31-23)32-26(36)21-4-1-3-19(13-21)16-35-17-24(33-34-35)20-7-5-18(15-29)6-8-20/h1,3-8,13,17,22,30H,2,9-10,12,14,16H2,(H,31,32,36)/t22-/m0/s1. The Balaban J connectivity index is 1.21. The maximum Gasteiger partial charge on any atom is 0.257 e. The zero-order chi connectivity index (χ0) is 25.6. The number of nitriles is 2. The molecule has 9 nitrogen and oxygen atoms in total. The average molecular weight is 509 g/mol. The van der Waals surface area contributed by atoms with E-state index in [9.17, 15) is 4.79 Å². The molecule has 0 fully saturated rings. The van der Waals surface area contributed by atoms with Crippen LogP contribution in [0.15, 0.2) is 54.7 Å². The second kappa shape index (κ2) is 11.1. The summed E-state index contributed by atoms with van der Waals surface area (Å²) >= 11 is 1.52. The van der Waals surface area contributed by atoms with Gasteiger partial charge in [-0.25, -0.2) is 9.67 Å². The van der Waals surface area contributed by atoms with E-state index in [-0.39, 0.29) is 5.91 Å². The molecular formula is C27H24N8OS. The van der Waals surface area contributed by atoms with E-state index >= 15 is 0 Å². The number of carbonyl (C=O) groups is 1. The van der Waals surface area contributed by atoms with Crippen LogP contribution < -0.4 is 10.6 Å². The van der Waals surface area contributed by atoms with Crippen molar-refractivity contribution in [1.29, 1.82) is 10.5 Å². The van der Waals surface area contributed by atoms with Crippen LogP contribution in [0.5, 0.6) is 0 Å². The number of anilines is 1. The highest BCUT2D eigenvalue weighted by molar-refractivity contribution is 7.15. The summed E-state index contributed by atoms with van der Waals surface area (Å²) in [4.78, 5) is 18.8. The molecule has 4 aromatic rings. The number of nitrogens with one attached hydrogen (secondary N) is 2. The number of rotatable bonds is 8. The van der Waals surface area contributed by atoms with Gasteiger partial charge in [0.25, 0.3) is 5.91 Å². The van der Waals surface area contributed by atoms with Crippen LogP contribution in [0.25, 0.3) is 11.3 Å². The van der Waals surface area contributed by atoms with Crippen molar-refractivity contribution in [3.63, 3.8) is 0 Å². The van der Waals surface area contributed by atoms with Crippen LogP contribution in [0, 0.1) is 22.7 Å². The number of thiazole rings is 1. The average Bonchev–Trinajstić information content (AvgIpc) is 3.55. The molecular weight excluding hydrogens is 484 g/mol. The molecule has 2 aromatic heterocycles. The minimum atomic E-state index is -0.200. The quantitative estimate of drug-likeness (QED) is 0.345. The lowest BCUT2D eigenvalue weighted by Crippen LogP contribution is -2.34. The molecule has 184 valence electrons. The Morgan fingerprint density at radius 2 is 2.05 bits per heavy atom. The Morgan fingerprint density at radius 3 is 2.86 bits per heavy atom. The van der Waals surface area contributed by atoms with Crippen molar-refractivity contribution in [2.45, 2.75) is 38.3 Å². The fourth-order valence-electron chi connectivity index (χ4n) is 4.33. The number of fused-ring (bicyclic) bond motifs is 1. The van der Waals surface area contributed by atoms with E-state index < -0.39 is 0 Å². The van der Waals surface area contributed by atoms with E-state index in [0.29, 0.717) is 47.5 Å². The maximum atomic E-state index is 13.0. The normalized spacial score (nSPS) is 14.4. The van der Waals surface area contributed by atoms with Gasteiger partial charge in [0.1, 0.15) is 5.69 Å². The van der Waals surface area contributed by atoms with Crippen molar-refractivity contribution in [3.8, 4) is 23.4 Å². The Morgan fingerprint density at radius 1 is 1.19 bits per heavy atom. The zero-order valence-corrected chi connectivity index (χ0v) is 20.8. The lowest BCUT2D eigenvalue weighted by molar-refractivity contribution is 0.102. The molecule has 2 aromatic carbocycles. The van der Waals surface area contributed by atoms with Crippen molar-refractivity contribution >= 4 is 22.4 Å². The highest BCUT2D eigenvalue weighted by atomic mass is 32.1. The second-order valence-corrected chi connectivity index (χ2v) is 9.92. The van der Waals surface area contributed by atoms with Gasteiger partial charge in [0, 0.05) is 35.0 Å². The van der Waals surface area contributed by atoms with Crippen LogP contribution in [0.1, 0.15) is 44.9 Å². The monoisotopic (exact) mass is 508 g/mol. The smallest absolute Gasteiger partial charge is 0.257 e. The Kier molecular flexibility index (Phi) is 7.31. The van der Waals surface area contributed by atoms with Gasteiger partial charge < -0.3 is 5.32 Å². The van der Waals surface area contributed by atoms with Gasteiger partial charge in [0.15, 0.2) is 5.13 Å². The van der Waals surface area contributed by atoms with Gasteiger partial charge in [-0.3, -0.25) is 10.1 Å². The molecule has 0 bridgehead atoms. The molecule has 0 unspecified atom stereocenters. The number of hydrogen-bond donors (Lipinski definition) is 2. The first-order valence-corrected chi connectivity index (χ1v) is 12.8. The first kappa shape index (κ1) is 24.3. The summed E-state index contributed by atoms with van der Waals surface area (Å²) < 4.78 is 1.72. The Hall–Kier alpha value is -4.38. The largest absolute Gasteiger partial charge is 0.313 e. The van der Waals surface area contributed by atoms with Crippen molar-refractivity contribution in [3.05, 3.63) is 82.0 Å². The second-order valence-electron chi connectivity index (χ2n) is 8.84. The van der Waals surface area contributed by atoms with Crippen LogP contribution in [0.3, 0.4) is 0 Å². The predicted molar refractivity (Wildman–Crippen MR) is 140 cm³/mol. The van der Waals surface area contributed by atoms with E-state index in [1.807, 2.05) is 36.5 Å².